The first-order valence-electron chi connectivity index (χ1n) is 31.5. The second-order valence-corrected chi connectivity index (χ2v) is 24.8. The summed E-state index contributed by atoms with van der Waals surface area (Å²) in [6, 6.07) is 34.5. The molecule has 0 bridgehead atoms. The van der Waals surface area contributed by atoms with Gasteiger partial charge in [0.05, 0.1) is 0 Å². The first kappa shape index (κ1) is 79.2. The molecule has 8 N–H and O–H groups in total. The number of aliphatic imine (C=N–C) groups is 4. The maximum atomic E-state index is 14.1. The molecule has 0 aromatic heterocycles. The third-order valence-corrected chi connectivity index (χ3v) is 17.8. The number of amides is 4. The summed E-state index contributed by atoms with van der Waals surface area (Å²) in [4.78, 5) is 73.8. The highest BCUT2D eigenvalue weighted by Crippen LogP contribution is 2.46. The van der Waals surface area contributed by atoms with Gasteiger partial charge >= 0.3 is 26.4 Å². The van der Waals surface area contributed by atoms with Gasteiger partial charge in [0.2, 0.25) is 0 Å². The number of guanidine groups is 4. The van der Waals surface area contributed by atoms with Crippen molar-refractivity contribution < 1.29 is 95.2 Å². The van der Waals surface area contributed by atoms with E-state index in [2.05, 4.69) is 38.9 Å². The van der Waals surface area contributed by atoms with Crippen LogP contribution in [0, 0.1) is 63.7 Å². The zero-order chi connectivity index (χ0) is 78.9. The lowest BCUT2D eigenvalue weighted by molar-refractivity contribution is -0.130. The first-order chi connectivity index (χ1) is 50.2. The lowest BCUT2D eigenvalue weighted by Crippen LogP contribution is -2.41. The van der Waals surface area contributed by atoms with Crippen molar-refractivity contribution in [3.05, 3.63) is 258 Å². The van der Waals surface area contributed by atoms with E-state index >= 15 is 0 Å². The molecule has 0 spiro atoms. The van der Waals surface area contributed by atoms with Crippen molar-refractivity contribution in [2.24, 2.45) is 42.9 Å². The van der Waals surface area contributed by atoms with E-state index in [4.69, 9.17) is 34.5 Å². The van der Waals surface area contributed by atoms with Crippen molar-refractivity contribution in [2.45, 2.75) is 83.2 Å². The van der Waals surface area contributed by atoms with Gasteiger partial charge in [-0.05, 0) is 204 Å². The van der Waals surface area contributed by atoms with Crippen LogP contribution in [0.15, 0.2) is 172 Å². The maximum Gasteiger partial charge on any atom is 0.387 e. The Labute approximate surface area is 606 Å². The van der Waals surface area contributed by atoms with Gasteiger partial charge in [-0.3, -0.25) is 38.8 Å². The van der Waals surface area contributed by atoms with E-state index in [-0.39, 0.29) is 75.0 Å². The minimum absolute atomic E-state index is 0.0184. The molecule has 4 atom stereocenters. The smallest absolute Gasteiger partial charge is 0.387 e. The molecule has 8 aromatic carbocycles. The maximum absolute atomic E-state index is 14.1. The van der Waals surface area contributed by atoms with E-state index < -0.39 is 95.4 Å². The fraction of sp³-hybridized carbons (Fsp3) is 0.233. The number of hydrogen-bond donors (Lipinski definition) is 4. The molecule has 4 aliphatic heterocycles. The summed E-state index contributed by atoms with van der Waals surface area (Å²) in [6.45, 7) is -4.05. The number of benzene rings is 8. The number of alkyl halides is 8. The van der Waals surface area contributed by atoms with Crippen LogP contribution in [0.5, 0.6) is 23.0 Å². The topological polar surface area (TPSA) is 272 Å². The van der Waals surface area contributed by atoms with Gasteiger partial charge in [0, 0.05) is 33.2 Å². The van der Waals surface area contributed by atoms with Crippen LogP contribution in [-0.2, 0) is 41.3 Å². The number of nitrogens with zero attached hydrogens (tertiary/aromatic N) is 8. The molecule has 8 aromatic rings. The Morgan fingerprint density at radius 3 is 0.879 bits per heavy atom. The van der Waals surface area contributed by atoms with Crippen LogP contribution < -0.4 is 41.9 Å². The molecule has 0 saturated heterocycles. The van der Waals surface area contributed by atoms with Gasteiger partial charge < -0.3 is 41.9 Å². The second-order valence-electron chi connectivity index (χ2n) is 24.4. The van der Waals surface area contributed by atoms with Crippen LogP contribution in [0.4, 0.5) is 57.1 Å². The number of carbonyl (C=O) groups is 4. The molecule has 107 heavy (non-hydrogen) atoms. The van der Waals surface area contributed by atoms with Crippen molar-refractivity contribution in [2.75, 3.05) is 28.2 Å². The molecular weight excluding hydrogens is 1460 g/mol. The predicted octanol–water partition coefficient (Wildman–Crippen LogP) is 12.2. The van der Waals surface area contributed by atoms with Crippen LogP contribution in [0.1, 0.15) is 72.3 Å². The predicted molar refractivity (Wildman–Crippen MR) is 367 cm³/mol. The van der Waals surface area contributed by atoms with Crippen LogP contribution in [0.2, 0.25) is 5.02 Å². The number of halogens is 14. The van der Waals surface area contributed by atoms with Crippen LogP contribution in [0.25, 0.3) is 0 Å². The van der Waals surface area contributed by atoms with Crippen molar-refractivity contribution in [1.82, 2.24) is 19.6 Å². The van der Waals surface area contributed by atoms with Gasteiger partial charge in [0.1, 0.15) is 34.6 Å². The van der Waals surface area contributed by atoms with E-state index in [1.165, 1.54) is 147 Å². The molecule has 0 fully saturated rings. The third-order valence-electron chi connectivity index (χ3n) is 17.5. The number of hydrogen-bond acceptors (Lipinski definition) is 16. The second kappa shape index (κ2) is 31.0. The summed E-state index contributed by atoms with van der Waals surface area (Å²) >= 11 is 6.10. The number of carbonyl (C=O) groups excluding carboxylic acids is 4. The number of ether oxygens (including phenoxy) is 4. The summed E-state index contributed by atoms with van der Waals surface area (Å²) in [5, 5.41) is 0.437. The van der Waals surface area contributed by atoms with Crippen LogP contribution in [0.3, 0.4) is 0 Å². The van der Waals surface area contributed by atoms with Crippen molar-refractivity contribution >= 4 is 59.1 Å². The van der Waals surface area contributed by atoms with Crippen LogP contribution in [-0.4, -0.2) is 122 Å². The lowest BCUT2D eigenvalue weighted by Gasteiger charge is -2.27. The van der Waals surface area contributed by atoms with Gasteiger partial charge in [0.15, 0.2) is 63.4 Å². The summed E-state index contributed by atoms with van der Waals surface area (Å²) in [5.41, 5.74) is 20.9. The quantitative estimate of drug-likeness (QED) is 0.0519. The number of rotatable bonds is 16. The normalized spacial score (nSPS) is 19.7. The molecule has 4 heterocycles. The van der Waals surface area contributed by atoms with E-state index in [1.54, 1.807) is 70.2 Å². The molecule has 4 amide bonds. The zero-order valence-electron chi connectivity index (χ0n) is 57.7. The summed E-state index contributed by atoms with van der Waals surface area (Å²) in [5.74, 6) is -8.22. The molecular formula is C73H64ClF13N12O8. The highest BCUT2D eigenvalue weighted by Gasteiger charge is 2.54. The van der Waals surface area contributed by atoms with Gasteiger partial charge in [-0.1, -0.05) is 66.2 Å². The fourth-order valence-electron chi connectivity index (χ4n) is 12.3. The lowest BCUT2D eigenvalue weighted by atomic mass is 9.81. The highest BCUT2D eigenvalue weighted by atomic mass is 35.5. The molecule has 562 valence electrons. The Morgan fingerprint density at radius 1 is 0.346 bits per heavy atom. The van der Waals surface area contributed by atoms with Gasteiger partial charge in [-0.25, -0.2) is 41.9 Å². The number of aryl methyl sites for hydroxylation is 5. The Balaban J connectivity index is 0.000000165. The van der Waals surface area contributed by atoms with Crippen molar-refractivity contribution in [3.63, 3.8) is 0 Å². The van der Waals surface area contributed by atoms with E-state index in [1.807, 2.05) is 0 Å². The highest BCUT2D eigenvalue weighted by molar-refractivity contribution is 6.30. The molecule has 0 radical (unpaired) electrons. The Kier molecular flexibility index (Phi) is 23.0. The van der Waals surface area contributed by atoms with E-state index in [0.717, 1.165) is 4.90 Å². The van der Waals surface area contributed by atoms with Gasteiger partial charge in [-0.2, -0.15) is 35.1 Å². The van der Waals surface area contributed by atoms with Crippen molar-refractivity contribution in [3.8, 4) is 23.0 Å². The summed E-state index contributed by atoms with van der Waals surface area (Å²) in [6.07, 6.45) is 0. The summed E-state index contributed by atoms with van der Waals surface area (Å²) in [7, 11) is 5.76. The minimum atomic E-state index is -3.06. The largest absolute Gasteiger partial charge is 0.435 e. The number of likely N-dealkylation sites (N-methyl/N-ethyl adjacent to an activating group) is 4. The molecule has 20 nitrogen and oxygen atoms in total. The van der Waals surface area contributed by atoms with Gasteiger partial charge in [0.25, 0.3) is 23.6 Å². The molecule has 0 aliphatic carbocycles. The Morgan fingerprint density at radius 2 is 0.617 bits per heavy atom. The van der Waals surface area contributed by atoms with Crippen LogP contribution >= 0.6 is 11.6 Å². The van der Waals surface area contributed by atoms with Crippen molar-refractivity contribution in [1.29, 1.82) is 0 Å². The molecule has 34 heteroatoms. The average molecular weight is 1520 g/mol. The molecule has 4 aliphatic rings. The number of nitrogens with two attached hydrogens (primary N) is 4. The molecule has 12 rings (SSSR count). The minimum Gasteiger partial charge on any atom is -0.435 e. The monoisotopic (exact) mass is 1520 g/mol. The Hall–Kier alpha value is -11.9. The third kappa shape index (κ3) is 15.3. The fourth-order valence-corrected chi connectivity index (χ4v) is 12.5. The average Bonchev–Trinajstić information content (AvgIpc) is 1.64. The standard InChI is InChI=1S/C19H18F3N3O2.C18H16ClF2N3O2.C18H14F5N3O2.C18H16F3N3O2/c1-10-6-13(9-14(20)7-10)19(16(26)25(3)18(23)24-19)12-4-5-15(11(2)8-12)27-17(21)22;1-10-8-12(6-7-14(10)26-16(20)21)18(11-4-3-5-13(19)9-11)15(25)24(2)17(22)23-18;1-8-5-9(3-4-13(8)28-16(22)23)18(15(27)26(2)17(24)25-18)10-6-11(19)14(21)12(20)7-10;1-10-8-12(6-7-14(10)26-16(20)21)18(11-4-3-5-13(19)9-11)15(25)24(2)17(22)23-18/h4-9,17H,1-3H3,(H2,23,24);3-9,16H,1-2H3,(H2,22,23);3-7,16H,1-2H3,(H2,24,25);3-9,16H,1-2H3,(H2,22,23). The Bertz CT molecular complexity index is 4770. The first-order valence-corrected chi connectivity index (χ1v) is 31.8. The zero-order valence-corrected chi connectivity index (χ0v) is 58.4. The molecule has 0 saturated carbocycles. The van der Waals surface area contributed by atoms with Gasteiger partial charge in [-0.15, -0.1) is 0 Å². The van der Waals surface area contributed by atoms with E-state index in [9.17, 15) is 76.3 Å². The SMILES string of the molecule is Cc1cc(C2(c3cc(F)c(F)c(F)c3)N=C(N)N(C)C2=O)ccc1OC(F)F.Cc1cc(C2(c3cccc(Cl)c3)N=C(N)N(C)C2=O)ccc1OC(F)F.Cc1cc(C2(c3cccc(F)c3)N=C(N)N(C)C2=O)ccc1OC(F)F.Cc1cc(F)cc(C2(c3ccc(OC(F)F)c(C)c3)N=C(N)N(C)C2=O)c1. The molecule has 4 unspecified atom stereocenters. The van der Waals surface area contributed by atoms with E-state index in [0.29, 0.717) is 67.2 Å². The summed E-state index contributed by atoms with van der Waals surface area (Å²) < 4.78 is 187.